The number of thioether (sulfide) groups is 1. The van der Waals surface area contributed by atoms with Gasteiger partial charge in [0.05, 0.1) is 12.3 Å². The number of benzene rings is 1. The van der Waals surface area contributed by atoms with Gasteiger partial charge in [-0.1, -0.05) is 35.5 Å². The van der Waals surface area contributed by atoms with Crippen molar-refractivity contribution >= 4 is 28.5 Å². The van der Waals surface area contributed by atoms with Crippen LogP contribution in [0.1, 0.15) is 5.56 Å². The predicted molar refractivity (Wildman–Crippen MR) is 66.8 cm³/mol. The Morgan fingerprint density at radius 3 is 2.88 bits per heavy atom. The highest BCUT2D eigenvalue weighted by Crippen LogP contribution is 2.40. The maximum absolute atomic E-state index is 10.7. The van der Waals surface area contributed by atoms with Crippen molar-refractivity contribution in [2.24, 2.45) is 4.99 Å². The van der Waals surface area contributed by atoms with Crippen LogP contribution < -0.4 is 0 Å². The molecule has 0 bridgehead atoms. The van der Waals surface area contributed by atoms with Crippen LogP contribution in [0.5, 0.6) is 0 Å². The van der Waals surface area contributed by atoms with E-state index in [2.05, 4.69) is 4.99 Å². The molecule has 2 aliphatic heterocycles. The van der Waals surface area contributed by atoms with Gasteiger partial charge in [-0.25, -0.2) is 0 Å². The minimum absolute atomic E-state index is 0.632. The smallest absolute Gasteiger partial charge is 0.175 e. The Morgan fingerprint density at radius 1 is 1.38 bits per heavy atom. The second-order valence-corrected chi connectivity index (χ2v) is 5.31. The van der Waals surface area contributed by atoms with Gasteiger partial charge in [0.25, 0.3) is 0 Å². The summed E-state index contributed by atoms with van der Waals surface area (Å²) in [5, 5.41) is 12.3. The molecule has 16 heavy (non-hydrogen) atoms. The molecule has 0 saturated carbocycles. The Labute approximate surface area is 103 Å². The first-order valence-electron chi connectivity index (χ1n) is 5.13. The molecule has 1 aromatic rings. The van der Waals surface area contributed by atoms with Crippen molar-refractivity contribution in [3.05, 3.63) is 34.9 Å². The van der Waals surface area contributed by atoms with Crippen LogP contribution in [-0.4, -0.2) is 34.0 Å². The molecule has 5 heteroatoms. The van der Waals surface area contributed by atoms with Crippen molar-refractivity contribution < 1.29 is 5.11 Å². The first-order valence-corrected chi connectivity index (χ1v) is 6.50. The number of amidine groups is 1. The van der Waals surface area contributed by atoms with Gasteiger partial charge in [0, 0.05) is 17.1 Å². The average molecular weight is 255 g/mol. The molecule has 3 rings (SSSR count). The molecular formula is C11H11ClN2OS. The SMILES string of the molecule is O[C@@]1(c2ccc(Cl)cc2)CSC2=NCCN21. The number of hydrogen-bond donors (Lipinski definition) is 1. The summed E-state index contributed by atoms with van der Waals surface area (Å²) in [4.78, 5) is 6.33. The van der Waals surface area contributed by atoms with Gasteiger partial charge in [0.1, 0.15) is 0 Å². The molecule has 0 unspecified atom stereocenters. The Morgan fingerprint density at radius 2 is 2.12 bits per heavy atom. The number of rotatable bonds is 1. The molecule has 1 fully saturated rings. The standard InChI is InChI=1S/C11H11ClN2OS/c12-9-3-1-8(2-4-9)11(15)7-16-10-13-5-6-14(10)11/h1-4,15H,5-7H2/t11-/m1/s1. The van der Waals surface area contributed by atoms with Crippen molar-refractivity contribution in [1.29, 1.82) is 0 Å². The van der Waals surface area contributed by atoms with E-state index >= 15 is 0 Å². The maximum Gasteiger partial charge on any atom is 0.175 e. The van der Waals surface area contributed by atoms with Crippen LogP contribution in [-0.2, 0) is 5.72 Å². The van der Waals surface area contributed by atoms with Crippen LogP contribution >= 0.6 is 23.4 Å². The highest BCUT2D eigenvalue weighted by Gasteiger charge is 2.46. The highest BCUT2D eigenvalue weighted by molar-refractivity contribution is 8.14. The van der Waals surface area contributed by atoms with Gasteiger partial charge in [-0.15, -0.1) is 0 Å². The van der Waals surface area contributed by atoms with E-state index in [1.54, 1.807) is 11.8 Å². The Kier molecular flexibility index (Phi) is 2.38. The second kappa shape index (κ2) is 3.65. The van der Waals surface area contributed by atoms with Crippen LogP contribution in [0.4, 0.5) is 0 Å². The van der Waals surface area contributed by atoms with Crippen molar-refractivity contribution in [3.8, 4) is 0 Å². The molecule has 1 atom stereocenters. The van der Waals surface area contributed by atoms with Crippen molar-refractivity contribution in [2.75, 3.05) is 18.8 Å². The summed E-state index contributed by atoms with van der Waals surface area (Å²) in [5.41, 5.74) is -0.0265. The minimum Gasteiger partial charge on any atom is -0.366 e. The van der Waals surface area contributed by atoms with E-state index in [1.807, 2.05) is 29.2 Å². The van der Waals surface area contributed by atoms with Gasteiger partial charge < -0.3 is 10.0 Å². The van der Waals surface area contributed by atoms with Crippen LogP contribution in [0.3, 0.4) is 0 Å². The largest absolute Gasteiger partial charge is 0.366 e. The van der Waals surface area contributed by atoms with Crippen molar-refractivity contribution in [1.82, 2.24) is 4.90 Å². The third-order valence-corrected chi connectivity index (χ3v) is 4.36. The molecule has 0 spiro atoms. The number of hydrogen-bond acceptors (Lipinski definition) is 4. The topological polar surface area (TPSA) is 35.8 Å². The lowest BCUT2D eigenvalue weighted by Gasteiger charge is -2.31. The monoisotopic (exact) mass is 254 g/mol. The lowest BCUT2D eigenvalue weighted by Crippen LogP contribution is -2.43. The van der Waals surface area contributed by atoms with E-state index in [9.17, 15) is 5.11 Å². The zero-order valence-corrected chi connectivity index (χ0v) is 10.1. The fourth-order valence-electron chi connectivity index (χ4n) is 2.09. The summed E-state index contributed by atoms with van der Waals surface area (Å²) in [6.07, 6.45) is 0. The van der Waals surface area contributed by atoms with E-state index in [0.717, 1.165) is 23.8 Å². The third-order valence-electron chi connectivity index (χ3n) is 2.96. The number of halogens is 1. The first-order chi connectivity index (χ1) is 7.70. The zero-order valence-electron chi connectivity index (χ0n) is 8.56. The fourth-order valence-corrected chi connectivity index (χ4v) is 3.45. The molecule has 2 heterocycles. The zero-order chi connectivity index (χ0) is 11.2. The molecule has 0 aromatic heterocycles. The molecule has 1 aromatic carbocycles. The number of fused-ring (bicyclic) bond motifs is 1. The summed E-state index contributed by atoms with van der Waals surface area (Å²) >= 11 is 7.46. The molecule has 1 saturated heterocycles. The minimum atomic E-state index is -0.912. The van der Waals surface area contributed by atoms with Crippen molar-refractivity contribution in [2.45, 2.75) is 5.72 Å². The van der Waals surface area contributed by atoms with Gasteiger partial charge >= 0.3 is 0 Å². The van der Waals surface area contributed by atoms with E-state index < -0.39 is 5.72 Å². The van der Waals surface area contributed by atoms with Gasteiger partial charge in [-0.05, 0) is 12.1 Å². The molecule has 0 radical (unpaired) electrons. The van der Waals surface area contributed by atoms with Crippen LogP contribution in [0.2, 0.25) is 5.02 Å². The van der Waals surface area contributed by atoms with Crippen molar-refractivity contribution in [3.63, 3.8) is 0 Å². The lowest BCUT2D eigenvalue weighted by molar-refractivity contribution is -0.0425. The summed E-state index contributed by atoms with van der Waals surface area (Å²) in [6, 6.07) is 7.38. The highest BCUT2D eigenvalue weighted by atomic mass is 35.5. The molecular weight excluding hydrogens is 244 g/mol. The second-order valence-electron chi connectivity index (χ2n) is 3.93. The third kappa shape index (κ3) is 1.44. The Balaban J connectivity index is 1.99. The quantitative estimate of drug-likeness (QED) is 0.832. The lowest BCUT2D eigenvalue weighted by atomic mass is 10.0. The van der Waals surface area contributed by atoms with Gasteiger partial charge in [-0.2, -0.15) is 0 Å². The van der Waals surface area contributed by atoms with E-state index in [1.165, 1.54) is 0 Å². The summed E-state index contributed by atoms with van der Waals surface area (Å²) < 4.78 is 0. The van der Waals surface area contributed by atoms with Crippen LogP contribution in [0.15, 0.2) is 29.3 Å². The summed E-state index contributed by atoms with van der Waals surface area (Å²) in [7, 11) is 0. The summed E-state index contributed by atoms with van der Waals surface area (Å²) in [6.45, 7) is 1.57. The van der Waals surface area contributed by atoms with Gasteiger partial charge in [0.15, 0.2) is 10.9 Å². The fraction of sp³-hybridized carbons (Fsp3) is 0.364. The molecule has 3 nitrogen and oxygen atoms in total. The predicted octanol–water partition coefficient (Wildman–Crippen LogP) is 1.90. The van der Waals surface area contributed by atoms with Crippen LogP contribution in [0.25, 0.3) is 0 Å². The summed E-state index contributed by atoms with van der Waals surface area (Å²) in [5.74, 6) is 0.632. The Hall–Kier alpha value is -0.710. The molecule has 0 amide bonds. The number of nitrogens with zero attached hydrogens (tertiary/aromatic N) is 2. The van der Waals surface area contributed by atoms with Gasteiger partial charge in [-0.3, -0.25) is 4.99 Å². The van der Waals surface area contributed by atoms with E-state index in [4.69, 9.17) is 11.6 Å². The Bertz CT molecular complexity index is 448. The van der Waals surface area contributed by atoms with Crippen LogP contribution in [0, 0.1) is 0 Å². The maximum atomic E-state index is 10.7. The molecule has 0 aliphatic carbocycles. The number of aliphatic hydroxyl groups is 1. The molecule has 84 valence electrons. The molecule has 2 aliphatic rings. The molecule has 1 N–H and O–H groups in total. The van der Waals surface area contributed by atoms with Gasteiger partial charge in [0.2, 0.25) is 0 Å². The number of aliphatic imine (C=N–C) groups is 1. The van der Waals surface area contributed by atoms with E-state index in [-0.39, 0.29) is 0 Å². The first kappa shape index (κ1) is 10.4. The normalized spacial score (nSPS) is 28.1. The average Bonchev–Trinajstić information content (AvgIpc) is 2.85. The van der Waals surface area contributed by atoms with E-state index in [0.29, 0.717) is 10.8 Å².